The summed E-state index contributed by atoms with van der Waals surface area (Å²) in [6.07, 6.45) is 7.31. The summed E-state index contributed by atoms with van der Waals surface area (Å²) in [7, 11) is 4.11. The number of hydrogen-bond donors (Lipinski definition) is 2. The SMILES string of the molecule is CN1CCN(c2cc(Nc3nccc(-c4cn(C)c5ccccc45)n3)ccc2C(=O)NCCCn2ccnc2[N+](=O)[O-])CC1. The van der Waals surface area contributed by atoms with Gasteiger partial charge in [-0.3, -0.25) is 4.79 Å². The van der Waals surface area contributed by atoms with Crippen LogP contribution in [-0.4, -0.2) is 79.6 Å². The number of likely N-dealkylation sites (N-methyl/N-ethyl adjacent to an activating group) is 1. The lowest BCUT2D eigenvalue weighted by Crippen LogP contribution is -2.45. The van der Waals surface area contributed by atoms with E-state index in [1.807, 2.05) is 43.4 Å². The molecule has 3 aromatic heterocycles. The number of nitro groups is 1. The highest BCUT2D eigenvalue weighted by Gasteiger charge is 2.21. The molecule has 2 N–H and O–H groups in total. The molecular weight excluding hydrogens is 560 g/mol. The van der Waals surface area contributed by atoms with Crippen LogP contribution in [0.2, 0.25) is 0 Å². The Hall–Kier alpha value is -5.30. The zero-order valence-corrected chi connectivity index (χ0v) is 24.7. The number of amides is 1. The van der Waals surface area contributed by atoms with Gasteiger partial charge in [0.25, 0.3) is 5.91 Å². The summed E-state index contributed by atoms with van der Waals surface area (Å²) in [5.41, 5.74) is 5.15. The Labute approximate surface area is 254 Å². The third kappa shape index (κ3) is 6.08. The van der Waals surface area contributed by atoms with Crippen LogP contribution in [0.4, 0.5) is 23.3 Å². The smallest absolute Gasteiger partial charge is 0.390 e. The minimum Gasteiger partial charge on any atom is -0.390 e. The topological polar surface area (TPSA) is 139 Å². The van der Waals surface area contributed by atoms with Crippen molar-refractivity contribution in [1.82, 2.24) is 34.3 Å². The first-order chi connectivity index (χ1) is 21.4. The summed E-state index contributed by atoms with van der Waals surface area (Å²) in [6.45, 7) is 4.10. The quantitative estimate of drug-likeness (QED) is 0.139. The molecular formula is C31H34N10O3. The highest BCUT2D eigenvalue weighted by atomic mass is 16.6. The van der Waals surface area contributed by atoms with Crippen LogP contribution in [0, 0.1) is 10.1 Å². The van der Waals surface area contributed by atoms with Crippen LogP contribution in [0.15, 0.2) is 73.3 Å². The average Bonchev–Trinajstić information content (AvgIpc) is 3.64. The lowest BCUT2D eigenvalue weighted by atomic mass is 10.1. The van der Waals surface area contributed by atoms with Crippen LogP contribution in [0.3, 0.4) is 0 Å². The van der Waals surface area contributed by atoms with E-state index in [0.29, 0.717) is 31.0 Å². The molecule has 0 aliphatic carbocycles. The molecule has 0 bridgehead atoms. The number of aromatic nitrogens is 5. The molecule has 1 aliphatic rings. The second-order valence-electron chi connectivity index (χ2n) is 10.9. The van der Waals surface area contributed by atoms with Gasteiger partial charge >= 0.3 is 5.95 Å². The second-order valence-corrected chi connectivity index (χ2v) is 10.9. The van der Waals surface area contributed by atoms with Crippen LogP contribution in [0.5, 0.6) is 0 Å². The highest BCUT2D eigenvalue weighted by Crippen LogP contribution is 2.31. The molecule has 1 amide bonds. The van der Waals surface area contributed by atoms with Gasteiger partial charge in [-0.2, -0.15) is 0 Å². The zero-order chi connectivity index (χ0) is 30.6. The van der Waals surface area contributed by atoms with Crippen molar-refractivity contribution in [1.29, 1.82) is 0 Å². The molecule has 0 radical (unpaired) electrons. The van der Waals surface area contributed by atoms with Gasteiger partial charge in [0.05, 0.1) is 23.5 Å². The summed E-state index contributed by atoms with van der Waals surface area (Å²) in [5, 5.41) is 18.6. The molecule has 4 heterocycles. The Morgan fingerprint density at radius 2 is 1.84 bits per heavy atom. The number of carbonyl (C=O) groups excluding carboxylic acids is 1. The van der Waals surface area contributed by atoms with Crippen molar-refractivity contribution in [2.45, 2.75) is 13.0 Å². The van der Waals surface area contributed by atoms with E-state index in [1.165, 1.54) is 10.8 Å². The van der Waals surface area contributed by atoms with Crippen molar-refractivity contribution in [3.63, 3.8) is 0 Å². The molecule has 13 nitrogen and oxygen atoms in total. The predicted octanol–water partition coefficient (Wildman–Crippen LogP) is 4.06. The number of rotatable bonds is 10. The number of nitrogens with one attached hydrogen (secondary N) is 2. The third-order valence-corrected chi connectivity index (χ3v) is 7.89. The Balaban J connectivity index is 1.20. The Morgan fingerprint density at radius 1 is 1.02 bits per heavy atom. The van der Waals surface area contributed by atoms with Crippen LogP contribution in [0.25, 0.3) is 22.2 Å². The molecule has 0 unspecified atom stereocenters. The average molecular weight is 595 g/mol. The van der Waals surface area contributed by atoms with Gasteiger partial charge in [-0.05, 0) is 48.7 Å². The number of hydrogen-bond acceptors (Lipinski definition) is 9. The molecule has 44 heavy (non-hydrogen) atoms. The maximum absolute atomic E-state index is 13.4. The fourth-order valence-electron chi connectivity index (χ4n) is 5.55. The molecule has 0 spiro atoms. The molecule has 6 rings (SSSR count). The van der Waals surface area contributed by atoms with Crippen LogP contribution in [-0.2, 0) is 13.6 Å². The number of aryl methyl sites for hydroxylation is 2. The van der Waals surface area contributed by atoms with E-state index in [4.69, 9.17) is 4.98 Å². The standard InChI is InChI=1S/C31H34N10O3/c1-37-16-18-39(19-17-37)28-20-22(8-9-24(28)29(42)32-11-5-14-40-15-13-34-31(40)41(43)44)35-30-33-12-10-26(36-30)25-21-38(2)27-7-4-3-6-23(25)27/h3-4,6-10,12-13,15,20-21H,5,11,14,16-19H2,1-2H3,(H,32,42)(H,33,35,36). The van der Waals surface area contributed by atoms with Gasteiger partial charge in [-0.25, -0.2) is 14.5 Å². The number of para-hydroxylation sites is 1. The first kappa shape index (κ1) is 28.8. The van der Waals surface area contributed by atoms with Crippen LogP contribution < -0.4 is 15.5 Å². The fraction of sp³-hybridized carbons (Fsp3) is 0.290. The number of imidazole rings is 1. The van der Waals surface area contributed by atoms with E-state index in [2.05, 4.69) is 60.3 Å². The van der Waals surface area contributed by atoms with Gasteiger partial charge in [0.2, 0.25) is 5.95 Å². The minimum atomic E-state index is -0.512. The monoisotopic (exact) mass is 594 g/mol. The van der Waals surface area contributed by atoms with Gasteiger partial charge in [0.15, 0.2) is 0 Å². The molecule has 2 aromatic carbocycles. The second kappa shape index (κ2) is 12.5. The van der Waals surface area contributed by atoms with E-state index >= 15 is 0 Å². The lowest BCUT2D eigenvalue weighted by Gasteiger charge is -2.35. The molecule has 1 saturated heterocycles. The lowest BCUT2D eigenvalue weighted by molar-refractivity contribution is -0.396. The van der Waals surface area contributed by atoms with E-state index in [0.717, 1.165) is 59.7 Å². The highest BCUT2D eigenvalue weighted by molar-refractivity contribution is 6.00. The molecule has 226 valence electrons. The van der Waals surface area contributed by atoms with E-state index in [-0.39, 0.29) is 11.9 Å². The summed E-state index contributed by atoms with van der Waals surface area (Å²) in [5.74, 6) is 0.0637. The zero-order valence-electron chi connectivity index (χ0n) is 24.7. The number of fused-ring (bicyclic) bond motifs is 1. The molecule has 0 atom stereocenters. The van der Waals surface area contributed by atoms with Gasteiger partial charge in [0, 0.05) is 74.3 Å². The predicted molar refractivity (Wildman–Crippen MR) is 169 cm³/mol. The maximum atomic E-state index is 13.4. The normalized spacial score (nSPS) is 13.7. The number of anilines is 3. The van der Waals surface area contributed by atoms with E-state index < -0.39 is 4.92 Å². The first-order valence-electron chi connectivity index (χ1n) is 14.5. The van der Waals surface area contributed by atoms with Gasteiger partial charge < -0.3 is 35.1 Å². The Morgan fingerprint density at radius 3 is 2.66 bits per heavy atom. The van der Waals surface area contributed by atoms with Crippen LogP contribution in [0.1, 0.15) is 16.8 Å². The summed E-state index contributed by atoms with van der Waals surface area (Å²) in [6, 6.07) is 15.8. The maximum Gasteiger partial charge on any atom is 0.434 e. The van der Waals surface area contributed by atoms with Crippen molar-refractivity contribution in [3.05, 3.63) is 89.0 Å². The van der Waals surface area contributed by atoms with Gasteiger partial charge in [-0.15, -0.1) is 0 Å². The molecule has 0 saturated carbocycles. The van der Waals surface area contributed by atoms with Crippen molar-refractivity contribution in [3.8, 4) is 11.3 Å². The van der Waals surface area contributed by atoms with E-state index in [1.54, 1.807) is 12.4 Å². The molecule has 5 aromatic rings. The van der Waals surface area contributed by atoms with Gasteiger partial charge in [-0.1, -0.05) is 23.2 Å². The minimum absolute atomic E-state index is 0.195. The summed E-state index contributed by atoms with van der Waals surface area (Å²) < 4.78 is 3.56. The van der Waals surface area contributed by atoms with Crippen molar-refractivity contribution in [2.24, 2.45) is 7.05 Å². The third-order valence-electron chi connectivity index (χ3n) is 7.89. The van der Waals surface area contributed by atoms with Crippen LogP contribution >= 0.6 is 0 Å². The van der Waals surface area contributed by atoms with Crippen molar-refractivity contribution in [2.75, 3.05) is 50.0 Å². The summed E-state index contributed by atoms with van der Waals surface area (Å²) >= 11 is 0. The van der Waals surface area contributed by atoms with E-state index in [9.17, 15) is 14.9 Å². The molecule has 13 heteroatoms. The number of nitrogens with zero attached hydrogens (tertiary/aromatic N) is 8. The Bertz CT molecular complexity index is 1810. The number of carbonyl (C=O) groups is 1. The van der Waals surface area contributed by atoms with Crippen molar-refractivity contribution < 1.29 is 9.72 Å². The van der Waals surface area contributed by atoms with Gasteiger partial charge in [0.1, 0.15) is 12.4 Å². The largest absolute Gasteiger partial charge is 0.434 e. The first-order valence-corrected chi connectivity index (χ1v) is 14.5. The van der Waals surface area contributed by atoms with Crippen molar-refractivity contribution >= 4 is 40.1 Å². The fourth-order valence-corrected chi connectivity index (χ4v) is 5.55. The number of benzene rings is 2. The molecule has 1 fully saturated rings. The Kier molecular flexibility index (Phi) is 8.19. The number of piperazine rings is 1. The summed E-state index contributed by atoms with van der Waals surface area (Å²) in [4.78, 5) is 41.5. The molecule has 1 aliphatic heterocycles.